The number of halogens is 8. The SMILES string of the molecule is CCc1cccc(CC)c1-n1nc2c(c1-c1cc(F)c(NC(N)=O)cc1F)CN(Cc1ccc(C(F)(F)F)cc1C(F)(F)F)[C@H](C)C2. The summed E-state index contributed by atoms with van der Waals surface area (Å²) >= 11 is 0. The fraction of sp³-hybridized carbons (Fsp3) is 0.333. The second-order valence-corrected chi connectivity index (χ2v) is 11.4. The molecule has 2 amide bonds. The molecule has 0 saturated carbocycles. The number of nitrogens with two attached hydrogens (primary N) is 1. The minimum atomic E-state index is -5.06. The summed E-state index contributed by atoms with van der Waals surface area (Å²) in [4.78, 5) is 13.0. The van der Waals surface area contributed by atoms with Crippen molar-refractivity contribution in [1.29, 1.82) is 0 Å². The first-order valence-corrected chi connectivity index (χ1v) is 14.8. The molecule has 14 heteroatoms. The third-order valence-corrected chi connectivity index (χ3v) is 8.40. The summed E-state index contributed by atoms with van der Waals surface area (Å²) < 4.78 is 115. The first-order chi connectivity index (χ1) is 22.0. The van der Waals surface area contributed by atoms with E-state index in [4.69, 9.17) is 10.8 Å². The lowest BCUT2D eigenvalue weighted by Crippen LogP contribution is -2.38. The fourth-order valence-electron chi connectivity index (χ4n) is 6.06. The summed E-state index contributed by atoms with van der Waals surface area (Å²) in [5, 5.41) is 6.88. The van der Waals surface area contributed by atoms with Gasteiger partial charge in [-0.25, -0.2) is 18.3 Å². The highest BCUT2D eigenvalue weighted by atomic mass is 19.4. The second-order valence-electron chi connectivity index (χ2n) is 11.4. The predicted molar refractivity (Wildman–Crippen MR) is 160 cm³/mol. The number of primary amides is 1. The Balaban J connectivity index is 1.69. The molecule has 0 fully saturated rings. The van der Waals surface area contributed by atoms with E-state index in [9.17, 15) is 31.1 Å². The van der Waals surface area contributed by atoms with Gasteiger partial charge in [0.05, 0.1) is 33.9 Å². The topological polar surface area (TPSA) is 76.2 Å². The number of benzene rings is 3. The molecule has 0 saturated heterocycles. The number of carbonyl (C=O) groups excluding carboxylic acids is 1. The Labute approximate surface area is 265 Å². The van der Waals surface area contributed by atoms with Gasteiger partial charge in [-0.05, 0) is 54.7 Å². The number of aryl methyl sites for hydroxylation is 2. The molecule has 250 valence electrons. The van der Waals surface area contributed by atoms with Gasteiger partial charge in [0.2, 0.25) is 0 Å². The van der Waals surface area contributed by atoms with E-state index in [1.54, 1.807) is 11.8 Å². The quantitative estimate of drug-likeness (QED) is 0.195. The second kappa shape index (κ2) is 12.6. The number of hydrogen-bond acceptors (Lipinski definition) is 3. The van der Waals surface area contributed by atoms with Gasteiger partial charge in [0.25, 0.3) is 0 Å². The lowest BCUT2D eigenvalue weighted by molar-refractivity contribution is -0.143. The van der Waals surface area contributed by atoms with Crippen LogP contribution in [-0.4, -0.2) is 26.8 Å². The van der Waals surface area contributed by atoms with Gasteiger partial charge < -0.3 is 11.1 Å². The number of alkyl halides is 6. The average Bonchev–Trinajstić information content (AvgIpc) is 3.34. The Morgan fingerprint density at radius 3 is 2.17 bits per heavy atom. The normalized spacial score (nSPS) is 15.5. The lowest BCUT2D eigenvalue weighted by atomic mass is 9.94. The number of rotatable bonds is 7. The van der Waals surface area contributed by atoms with Crippen LogP contribution in [0.5, 0.6) is 0 Å². The molecule has 3 aromatic carbocycles. The largest absolute Gasteiger partial charge is 0.416 e. The van der Waals surface area contributed by atoms with E-state index in [1.807, 2.05) is 37.4 Å². The average molecular weight is 666 g/mol. The molecule has 1 aliphatic rings. The third-order valence-electron chi connectivity index (χ3n) is 8.40. The van der Waals surface area contributed by atoms with Crippen LogP contribution >= 0.6 is 0 Å². The first kappa shape index (κ1) is 33.9. The van der Waals surface area contributed by atoms with E-state index in [2.05, 4.69) is 0 Å². The summed E-state index contributed by atoms with van der Waals surface area (Å²) in [6.45, 7) is 5.17. The van der Waals surface area contributed by atoms with Crippen LogP contribution in [0.3, 0.4) is 0 Å². The van der Waals surface area contributed by atoms with Crippen molar-refractivity contribution in [3.8, 4) is 16.9 Å². The fourth-order valence-corrected chi connectivity index (χ4v) is 6.06. The molecule has 5 rings (SSSR count). The van der Waals surface area contributed by atoms with Crippen LogP contribution in [0.1, 0.15) is 59.8 Å². The maximum absolute atomic E-state index is 15.9. The standard InChI is InChI=1S/C33H31F8N5O/c1-4-18-7-6-8-19(5-2)29(18)46-30(22-13-26(35)28(14-25(22)34)43-31(42)47)23-16-45(17(3)11-27(23)44-46)15-20-9-10-21(32(36,37)38)12-24(20)33(39,40)41/h6-10,12-14,17H,4-5,11,15-16H2,1-3H3,(H3,42,43,47)/t17-/m1/s1. The van der Waals surface area contributed by atoms with Crippen molar-refractivity contribution < 1.29 is 39.9 Å². The highest BCUT2D eigenvalue weighted by Gasteiger charge is 2.39. The minimum absolute atomic E-state index is 0.0672. The molecule has 0 bridgehead atoms. The number of nitrogens with zero attached hydrogens (tertiary/aromatic N) is 3. The highest BCUT2D eigenvalue weighted by molar-refractivity contribution is 5.88. The summed E-state index contributed by atoms with van der Waals surface area (Å²) in [5.41, 5.74) is 4.70. The number of urea groups is 1. The molecule has 4 aromatic rings. The van der Waals surface area contributed by atoms with Crippen molar-refractivity contribution in [2.24, 2.45) is 5.73 Å². The summed E-state index contributed by atoms with van der Waals surface area (Å²) in [6, 6.07) is 7.34. The number of aromatic nitrogens is 2. The number of para-hydroxylation sites is 1. The minimum Gasteiger partial charge on any atom is -0.351 e. The van der Waals surface area contributed by atoms with Gasteiger partial charge in [-0.15, -0.1) is 0 Å². The zero-order valence-corrected chi connectivity index (χ0v) is 25.6. The first-order valence-electron chi connectivity index (χ1n) is 14.8. The van der Waals surface area contributed by atoms with E-state index < -0.39 is 52.9 Å². The van der Waals surface area contributed by atoms with E-state index in [0.717, 1.165) is 29.3 Å². The van der Waals surface area contributed by atoms with Gasteiger partial charge in [0.1, 0.15) is 11.6 Å². The van der Waals surface area contributed by atoms with Gasteiger partial charge in [0.15, 0.2) is 0 Å². The third kappa shape index (κ3) is 6.69. The van der Waals surface area contributed by atoms with Crippen molar-refractivity contribution in [2.45, 2.75) is 71.5 Å². The molecule has 6 nitrogen and oxygen atoms in total. The maximum atomic E-state index is 15.9. The van der Waals surface area contributed by atoms with Crippen LogP contribution in [0.15, 0.2) is 48.5 Å². The molecule has 0 spiro atoms. The van der Waals surface area contributed by atoms with E-state index >= 15 is 8.78 Å². The Kier molecular flexibility index (Phi) is 9.10. The van der Waals surface area contributed by atoms with E-state index in [1.165, 1.54) is 4.68 Å². The summed E-state index contributed by atoms with van der Waals surface area (Å²) in [5.74, 6) is -1.90. The summed E-state index contributed by atoms with van der Waals surface area (Å²) in [7, 11) is 0. The number of hydrogen-bond donors (Lipinski definition) is 2. The molecule has 2 heterocycles. The smallest absolute Gasteiger partial charge is 0.351 e. The highest BCUT2D eigenvalue weighted by Crippen LogP contribution is 2.41. The molecule has 1 atom stereocenters. The molecule has 47 heavy (non-hydrogen) atoms. The molecular formula is C33H31F8N5O. The number of anilines is 1. The Hall–Kier alpha value is -4.46. The van der Waals surface area contributed by atoms with Gasteiger partial charge in [0, 0.05) is 42.7 Å². The van der Waals surface area contributed by atoms with Crippen molar-refractivity contribution in [3.63, 3.8) is 0 Å². The number of fused-ring (bicyclic) bond motifs is 1. The summed E-state index contributed by atoms with van der Waals surface area (Å²) in [6.07, 6.45) is -8.68. The molecule has 1 aliphatic heterocycles. The number of amides is 2. The van der Waals surface area contributed by atoms with Crippen LogP contribution in [0.4, 0.5) is 45.6 Å². The van der Waals surface area contributed by atoms with Gasteiger partial charge in [-0.3, -0.25) is 4.90 Å². The van der Waals surface area contributed by atoms with Crippen LogP contribution in [0.25, 0.3) is 16.9 Å². The Morgan fingerprint density at radius 1 is 0.936 bits per heavy atom. The Bertz CT molecular complexity index is 1810. The van der Waals surface area contributed by atoms with Crippen molar-refractivity contribution >= 4 is 11.7 Å². The Morgan fingerprint density at radius 2 is 1.60 bits per heavy atom. The van der Waals surface area contributed by atoms with Crippen LogP contribution in [0, 0.1) is 11.6 Å². The molecule has 1 aromatic heterocycles. The zero-order chi connectivity index (χ0) is 34.4. The molecule has 0 aliphatic carbocycles. The number of carbonyl (C=O) groups is 1. The van der Waals surface area contributed by atoms with Crippen LogP contribution in [0.2, 0.25) is 0 Å². The molecular weight excluding hydrogens is 634 g/mol. The van der Waals surface area contributed by atoms with Gasteiger partial charge >= 0.3 is 18.4 Å². The molecule has 0 unspecified atom stereocenters. The van der Waals surface area contributed by atoms with Crippen molar-refractivity contribution in [1.82, 2.24) is 14.7 Å². The molecule has 0 radical (unpaired) electrons. The number of nitrogens with one attached hydrogen (secondary N) is 1. The predicted octanol–water partition coefficient (Wildman–Crippen LogP) is 8.42. The van der Waals surface area contributed by atoms with Crippen molar-refractivity contribution in [2.75, 3.05) is 5.32 Å². The maximum Gasteiger partial charge on any atom is 0.416 e. The van der Waals surface area contributed by atoms with E-state index in [-0.39, 0.29) is 42.4 Å². The van der Waals surface area contributed by atoms with Gasteiger partial charge in [-0.1, -0.05) is 38.1 Å². The van der Waals surface area contributed by atoms with E-state index in [0.29, 0.717) is 35.9 Å². The van der Waals surface area contributed by atoms with Crippen molar-refractivity contribution in [3.05, 3.63) is 99.2 Å². The van der Waals surface area contributed by atoms with Gasteiger partial charge in [-0.2, -0.15) is 31.4 Å². The zero-order valence-electron chi connectivity index (χ0n) is 25.6. The monoisotopic (exact) mass is 665 g/mol. The van der Waals surface area contributed by atoms with Crippen LogP contribution < -0.4 is 11.1 Å². The van der Waals surface area contributed by atoms with Crippen LogP contribution in [-0.2, 0) is 44.7 Å². The lowest BCUT2D eigenvalue weighted by Gasteiger charge is -2.34. The molecule has 3 N–H and O–H groups in total.